The number of alkyl halides is 2. The van der Waals surface area contributed by atoms with Crippen molar-refractivity contribution in [2.24, 2.45) is 11.8 Å². The number of H-pyrrole nitrogens is 1. The summed E-state index contributed by atoms with van der Waals surface area (Å²) in [6.45, 7) is 5.39. The fourth-order valence-electron chi connectivity index (χ4n) is 6.09. The molecule has 168 valence electrons. The molecule has 5 rings (SSSR count). The topological polar surface area (TPSA) is 56.3 Å². The molecule has 0 bridgehead atoms. The van der Waals surface area contributed by atoms with Crippen molar-refractivity contribution in [1.82, 2.24) is 9.88 Å². The van der Waals surface area contributed by atoms with E-state index in [9.17, 15) is 9.90 Å². The number of carboxylic acid groups (broad SMARTS) is 1. The number of aromatic nitrogens is 1. The highest BCUT2D eigenvalue weighted by molar-refractivity contribution is 5.88. The summed E-state index contributed by atoms with van der Waals surface area (Å²) in [4.78, 5) is 16.8. The van der Waals surface area contributed by atoms with E-state index in [1.54, 1.807) is 12.1 Å². The standard InChI is InChI=1S/C26H28F2N2O2/c1-15-12-16(2)23-20(9-11-29-23)21(15)14-30-13-19-4-3-10-26(27,28)22(19)24(30)17-5-7-18(8-6-17)25(31)32/h5-9,11-12,19,22,24,29H,3-4,10,13-14H2,1-2H3,(H,31,32)/t19-,22-,24?/m0/s1. The van der Waals surface area contributed by atoms with E-state index in [0.717, 1.165) is 28.5 Å². The number of benzene rings is 2. The molecule has 3 atom stereocenters. The first-order valence-corrected chi connectivity index (χ1v) is 11.3. The molecule has 1 saturated carbocycles. The number of aryl methyl sites for hydroxylation is 2. The lowest BCUT2D eigenvalue weighted by atomic mass is 9.74. The molecule has 0 spiro atoms. The Hall–Kier alpha value is -2.73. The molecule has 2 aliphatic rings. The molecular formula is C26H28F2N2O2. The SMILES string of the molecule is Cc1cc(C)c2[nH]ccc2c1CN1C[C@@H]2CCCC(F)(F)[C@@H]2C1c1ccc(C(=O)O)cc1. The quantitative estimate of drug-likeness (QED) is 0.518. The maximum Gasteiger partial charge on any atom is 0.335 e. The monoisotopic (exact) mass is 438 g/mol. The van der Waals surface area contributed by atoms with Gasteiger partial charge in [-0.05, 0) is 73.1 Å². The average molecular weight is 439 g/mol. The number of halogens is 2. The molecule has 6 heteroatoms. The van der Waals surface area contributed by atoms with Gasteiger partial charge < -0.3 is 10.1 Å². The number of carboxylic acids is 1. The number of hydrogen-bond acceptors (Lipinski definition) is 2. The number of likely N-dealkylation sites (tertiary alicyclic amines) is 1. The third kappa shape index (κ3) is 3.41. The highest BCUT2D eigenvalue weighted by Gasteiger charge is 2.56. The van der Waals surface area contributed by atoms with E-state index in [1.165, 1.54) is 23.3 Å². The van der Waals surface area contributed by atoms with Gasteiger partial charge in [0, 0.05) is 48.6 Å². The fourth-order valence-corrected chi connectivity index (χ4v) is 6.09. The summed E-state index contributed by atoms with van der Waals surface area (Å²) in [5.74, 6) is -4.54. The molecule has 1 aliphatic carbocycles. The number of nitrogens with zero attached hydrogens (tertiary/aromatic N) is 1. The van der Waals surface area contributed by atoms with Crippen molar-refractivity contribution >= 4 is 16.9 Å². The molecule has 2 aromatic carbocycles. The fraction of sp³-hybridized carbons (Fsp3) is 0.423. The van der Waals surface area contributed by atoms with Crippen LogP contribution in [0.4, 0.5) is 8.78 Å². The van der Waals surface area contributed by atoms with Gasteiger partial charge in [-0.25, -0.2) is 13.6 Å². The summed E-state index contributed by atoms with van der Waals surface area (Å²) in [7, 11) is 0. The molecule has 1 unspecified atom stereocenters. The molecule has 2 heterocycles. The van der Waals surface area contributed by atoms with Crippen molar-refractivity contribution in [3.05, 3.63) is 70.4 Å². The summed E-state index contributed by atoms with van der Waals surface area (Å²) in [6.07, 6.45) is 3.23. The molecule has 4 nitrogen and oxygen atoms in total. The Morgan fingerprint density at radius 1 is 1.19 bits per heavy atom. The zero-order valence-electron chi connectivity index (χ0n) is 18.4. The number of carbonyl (C=O) groups is 1. The van der Waals surface area contributed by atoms with E-state index in [2.05, 4.69) is 35.9 Å². The Bertz CT molecular complexity index is 1170. The first-order chi connectivity index (χ1) is 15.3. The molecular weight excluding hydrogens is 410 g/mol. The third-order valence-electron chi connectivity index (χ3n) is 7.52. The second kappa shape index (κ2) is 7.69. The van der Waals surface area contributed by atoms with E-state index < -0.39 is 23.9 Å². The summed E-state index contributed by atoms with van der Waals surface area (Å²) < 4.78 is 30.4. The third-order valence-corrected chi connectivity index (χ3v) is 7.52. The van der Waals surface area contributed by atoms with Crippen LogP contribution in [0, 0.1) is 25.7 Å². The Kier molecular flexibility index (Phi) is 5.08. The molecule has 0 amide bonds. The molecule has 3 aromatic rings. The van der Waals surface area contributed by atoms with Gasteiger partial charge in [0.2, 0.25) is 0 Å². The van der Waals surface area contributed by atoms with Crippen LogP contribution < -0.4 is 0 Å². The molecule has 2 N–H and O–H groups in total. The number of aromatic amines is 1. The summed E-state index contributed by atoms with van der Waals surface area (Å²) >= 11 is 0. The van der Waals surface area contributed by atoms with Gasteiger partial charge in [0.15, 0.2) is 0 Å². The lowest BCUT2D eigenvalue weighted by molar-refractivity contribution is -0.109. The molecule has 0 radical (unpaired) electrons. The normalized spacial score (nSPS) is 25.2. The van der Waals surface area contributed by atoms with Crippen molar-refractivity contribution in [3.63, 3.8) is 0 Å². The van der Waals surface area contributed by atoms with Crippen molar-refractivity contribution in [1.29, 1.82) is 0 Å². The van der Waals surface area contributed by atoms with E-state index in [0.29, 0.717) is 19.5 Å². The van der Waals surface area contributed by atoms with Gasteiger partial charge in [0.05, 0.1) is 5.56 Å². The minimum absolute atomic E-state index is 0.0598. The predicted octanol–water partition coefficient (Wildman–Crippen LogP) is 6.09. The van der Waals surface area contributed by atoms with Crippen LogP contribution >= 0.6 is 0 Å². The van der Waals surface area contributed by atoms with Gasteiger partial charge in [0.25, 0.3) is 5.92 Å². The van der Waals surface area contributed by atoms with E-state index in [4.69, 9.17) is 0 Å². The zero-order chi connectivity index (χ0) is 22.6. The van der Waals surface area contributed by atoms with E-state index >= 15 is 8.78 Å². The average Bonchev–Trinajstić information content (AvgIpc) is 3.37. The second-order valence-corrected chi connectivity index (χ2v) is 9.50. The van der Waals surface area contributed by atoms with Crippen molar-refractivity contribution in [3.8, 4) is 0 Å². The molecule has 32 heavy (non-hydrogen) atoms. The van der Waals surface area contributed by atoms with Crippen LogP contribution in [-0.2, 0) is 6.54 Å². The van der Waals surface area contributed by atoms with Crippen LogP contribution in [0.3, 0.4) is 0 Å². The van der Waals surface area contributed by atoms with Crippen LogP contribution in [0.5, 0.6) is 0 Å². The van der Waals surface area contributed by atoms with Gasteiger partial charge in [-0.1, -0.05) is 18.2 Å². The summed E-state index contributed by atoms with van der Waals surface area (Å²) in [5, 5.41) is 10.4. The molecule has 1 aromatic heterocycles. The molecule has 1 saturated heterocycles. The predicted molar refractivity (Wildman–Crippen MR) is 120 cm³/mol. The Labute approximate surface area is 186 Å². The first kappa shape index (κ1) is 21.1. The van der Waals surface area contributed by atoms with E-state index in [1.807, 2.05) is 6.20 Å². The maximum atomic E-state index is 15.2. The maximum absolute atomic E-state index is 15.2. The molecule has 1 aliphatic heterocycles. The summed E-state index contributed by atoms with van der Waals surface area (Å²) in [6, 6.07) is 10.3. The number of nitrogens with one attached hydrogen (secondary N) is 1. The van der Waals surface area contributed by atoms with Gasteiger partial charge in [-0.15, -0.1) is 0 Å². The minimum atomic E-state index is -2.72. The van der Waals surface area contributed by atoms with E-state index in [-0.39, 0.29) is 17.9 Å². The van der Waals surface area contributed by atoms with Gasteiger partial charge >= 0.3 is 5.97 Å². The Balaban J connectivity index is 1.57. The largest absolute Gasteiger partial charge is 0.478 e. The van der Waals surface area contributed by atoms with Crippen LogP contribution in [-0.4, -0.2) is 33.4 Å². The van der Waals surface area contributed by atoms with Crippen molar-refractivity contribution < 1.29 is 18.7 Å². The number of hydrogen-bond donors (Lipinski definition) is 2. The lowest BCUT2D eigenvalue weighted by Crippen LogP contribution is -2.39. The first-order valence-electron chi connectivity index (χ1n) is 11.3. The molecule has 2 fully saturated rings. The van der Waals surface area contributed by atoms with Crippen LogP contribution in [0.1, 0.15) is 57.9 Å². The van der Waals surface area contributed by atoms with Gasteiger partial charge in [-0.2, -0.15) is 0 Å². The van der Waals surface area contributed by atoms with Crippen molar-refractivity contribution in [2.45, 2.75) is 51.6 Å². The van der Waals surface area contributed by atoms with Gasteiger partial charge in [0.1, 0.15) is 0 Å². The second-order valence-electron chi connectivity index (χ2n) is 9.50. The lowest BCUT2D eigenvalue weighted by Gasteiger charge is -2.37. The number of fused-ring (bicyclic) bond motifs is 2. The highest BCUT2D eigenvalue weighted by Crippen LogP contribution is 2.55. The smallest absolute Gasteiger partial charge is 0.335 e. The van der Waals surface area contributed by atoms with Gasteiger partial charge in [-0.3, -0.25) is 4.90 Å². The van der Waals surface area contributed by atoms with Crippen molar-refractivity contribution in [2.75, 3.05) is 6.54 Å². The Morgan fingerprint density at radius 3 is 2.66 bits per heavy atom. The summed E-state index contributed by atoms with van der Waals surface area (Å²) in [5.41, 5.74) is 5.55. The minimum Gasteiger partial charge on any atom is -0.478 e. The van der Waals surface area contributed by atoms with Crippen LogP contribution in [0.2, 0.25) is 0 Å². The highest BCUT2D eigenvalue weighted by atomic mass is 19.3. The Morgan fingerprint density at radius 2 is 1.94 bits per heavy atom. The van der Waals surface area contributed by atoms with Crippen LogP contribution in [0.25, 0.3) is 10.9 Å². The number of rotatable bonds is 4. The van der Waals surface area contributed by atoms with Crippen LogP contribution in [0.15, 0.2) is 42.6 Å². The number of aromatic carboxylic acids is 1. The zero-order valence-corrected chi connectivity index (χ0v) is 18.4.